The van der Waals surface area contributed by atoms with Gasteiger partial charge in [0, 0.05) is 36.1 Å². The molecule has 2 N–H and O–H groups in total. The summed E-state index contributed by atoms with van der Waals surface area (Å²) in [7, 11) is 1.87. The smallest absolute Gasteiger partial charge is 0.251 e. The maximum absolute atomic E-state index is 13.0. The van der Waals surface area contributed by atoms with Crippen LogP contribution in [-0.4, -0.2) is 67.7 Å². The number of carbonyl (C=O) groups excluding carboxylic acids is 1. The summed E-state index contributed by atoms with van der Waals surface area (Å²) in [6.07, 6.45) is 2.15. The Kier molecular flexibility index (Phi) is 5.34. The molecule has 0 saturated carbocycles. The number of aryl methyl sites for hydroxylation is 2. The molecule has 0 radical (unpaired) electrons. The van der Waals surface area contributed by atoms with E-state index in [1.807, 2.05) is 44.4 Å². The Hall–Kier alpha value is -4.04. The second-order valence-corrected chi connectivity index (χ2v) is 9.16. The highest BCUT2D eigenvalue weighted by Gasteiger charge is 2.47. The van der Waals surface area contributed by atoms with Crippen molar-refractivity contribution in [3.05, 3.63) is 65.7 Å². The van der Waals surface area contributed by atoms with Crippen molar-refractivity contribution in [2.75, 3.05) is 13.2 Å². The predicted octanol–water partition coefficient (Wildman–Crippen LogP) is 1.84. The molecule has 182 valence electrons. The number of carbonyl (C=O) groups is 1. The Balaban J connectivity index is 1.35. The van der Waals surface area contributed by atoms with E-state index in [0.717, 1.165) is 22.4 Å². The molecule has 10 nitrogen and oxygen atoms in total. The van der Waals surface area contributed by atoms with E-state index in [4.69, 9.17) is 14.5 Å². The number of nitrogens with zero attached hydrogens (tertiary/aromatic N) is 5. The number of aliphatic hydroxyl groups is 1. The average molecular weight is 485 g/mol. The topological polar surface area (TPSA) is 127 Å². The number of ether oxygens (including phenoxy) is 2. The SMILES string of the molecule is Cc1nn(C)cc1-c1ccccc1-c1nc2cc(C(=O)N[C@H]3CO[C@H]4[C@@H]3OC[C@@H]4O)ccn2c1C#N. The molecule has 1 amide bonds. The molecule has 6 rings (SSSR count). The molecule has 0 bridgehead atoms. The minimum Gasteiger partial charge on any atom is -0.388 e. The Morgan fingerprint density at radius 1 is 1.17 bits per heavy atom. The van der Waals surface area contributed by atoms with E-state index < -0.39 is 12.2 Å². The fourth-order valence-electron chi connectivity index (χ4n) is 5.12. The van der Waals surface area contributed by atoms with Crippen LogP contribution in [0.2, 0.25) is 0 Å². The Labute approximate surface area is 206 Å². The third kappa shape index (κ3) is 3.56. The molecule has 3 aromatic heterocycles. The fraction of sp³-hybridized carbons (Fsp3) is 0.308. The number of benzene rings is 1. The number of aliphatic hydroxyl groups excluding tert-OH is 1. The highest BCUT2D eigenvalue weighted by atomic mass is 16.6. The zero-order chi connectivity index (χ0) is 25.0. The molecule has 2 fully saturated rings. The van der Waals surface area contributed by atoms with Crippen molar-refractivity contribution in [2.24, 2.45) is 7.05 Å². The lowest BCUT2D eigenvalue weighted by atomic mass is 9.97. The second kappa shape index (κ2) is 8.57. The van der Waals surface area contributed by atoms with Crippen molar-refractivity contribution in [3.63, 3.8) is 0 Å². The second-order valence-electron chi connectivity index (χ2n) is 9.16. The van der Waals surface area contributed by atoms with Crippen LogP contribution in [0.4, 0.5) is 0 Å². The number of pyridine rings is 1. The molecular weight excluding hydrogens is 460 g/mol. The third-order valence-corrected chi connectivity index (χ3v) is 6.82. The van der Waals surface area contributed by atoms with Crippen molar-refractivity contribution in [2.45, 2.75) is 31.3 Å². The standard InChI is InChI=1S/C26H24N6O4/c1-14-18(11-31(2)30-14)16-5-3-4-6-17(16)23-20(10-27)32-8-7-15(9-22(32)29-23)26(34)28-19-12-35-25-21(33)13-36-24(19)25/h3-9,11,19,21,24-25,33H,12-13H2,1-2H3,(H,28,34)/t19-,21-,24+,25+/m0/s1. The zero-order valence-corrected chi connectivity index (χ0v) is 19.8. The first-order chi connectivity index (χ1) is 17.4. The van der Waals surface area contributed by atoms with Crippen LogP contribution in [0.15, 0.2) is 48.8 Å². The van der Waals surface area contributed by atoms with Gasteiger partial charge in [-0.25, -0.2) is 4.98 Å². The van der Waals surface area contributed by atoms with Gasteiger partial charge in [-0.05, 0) is 24.6 Å². The summed E-state index contributed by atoms with van der Waals surface area (Å²) >= 11 is 0. The van der Waals surface area contributed by atoms with Gasteiger partial charge < -0.3 is 19.9 Å². The molecule has 0 unspecified atom stereocenters. The van der Waals surface area contributed by atoms with Gasteiger partial charge in [-0.1, -0.05) is 24.3 Å². The summed E-state index contributed by atoms with van der Waals surface area (Å²) in [6.45, 7) is 2.42. The molecule has 0 spiro atoms. The van der Waals surface area contributed by atoms with Crippen LogP contribution >= 0.6 is 0 Å². The zero-order valence-electron chi connectivity index (χ0n) is 19.8. The first kappa shape index (κ1) is 22.4. The molecule has 0 aliphatic carbocycles. The van der Waals surface area contributed by atoms with Gasteiger partial charge in [0.15, 0.2) is 5.69 Å². The molecule has 4 atom stereocenters. The summed E-state index contributed by atoms with van der Waals surface area (Å²) in [6, 6.07) is 13.0. The minimum absolute atomic E-state index is 0.196. The van der Waals surface area contributed by atoms with E-state index in [2.05, 4.69) is 16.5 Å². The van der Waals surface area contributed by atoms with Crippen molar-refractivity contribution < 1.29 is 19.4 Å². The molecule has 2 aliphatic rings. The van der Waals surface area contributed by atoms with E-state index in [0.29, 0.717) is 22.6 Å². The van der Waals surface area contributed by atoms with Crippen LogP contribution in [0.3, 0.4) is 0 Å². The third-order valence-electron chi connectivity index (χ3n) is 6.82. The van der Waals surface area contributed by atoms with Crippen molar-refractivity contribution >= 4 is 11.6 Å². The highest BCUT2D eigenvalue weighted by molar-refractivity contribution is 5.95. The number of nitriles is 1. The van der Waals surface area contributed by atoms with E-state index in [1.54, 1.807) is 27.4 Å². The summed E-state index contributed by atoms with van der Waals surface area (Å²) in [5.74, 6) is -0.300. The molecule has 2 aliphatic heterocycles. The minimum atomic E-state index is -0.681. The van der Waals surface area contributed by atoms with Crippen molar-refractivity contribution in [1.82, 2.24) is 24.5 Å². The fourth-order valence-corrected chi connectivity index (χ4v) is 5.12. The van der Waals surface area contributed by atoms with E-state index in [-0.39, 0.29) is 31.3 Å². The number of aromatic nitrogens is 4. The quantitative estimate of drug-likeness (QED) is 0.453. The summed E-state index contributed by atoms with van der Waals surface area (Å²) in [4.78, 5) is 17.8. The van der Waals surface area contributed by atoms with E-state index >= 15 is 0 Å². The van der Waals surface area contributed by atoms with Crippen LogP contribution in [-0.2, 0) is 16.5 Å². The van der Waals surface area contributed by atoms with Gasteiger partial charge in [-0.15, -0.1) is 0 Å². The molecule has 36 heavy (non-hydrogen) atoms. The van der Waals surface area contributed by atoms with Gasteiger partial charge in [0.05, 0.1) is 24.9 Å². The molecule has 1 aromatic carbocycles. The first-order valence-electron chi connectivity index (χ1n) is 11.7. The number of hydrogen-bond donors (Lipinski definition) is 2. The van der Waals surface area contributed by atoms with Gasteiger partial charge >= 0.3 is 0 Å². The van der Waals surface area contributed by atoms with Gasteiger partial charge in [-0.3, -0.25) is 13.9 Å². The molecule has 5 heterocycles. The molecule has 10 heteroatoms. The van der Waals surface area contributed by atoms with Gasteiger partial charge in [0.1, 0.15) is 35.7 Å². The maximum Gasteiger partial charge on any atom is 0.251 e. The van der Waals surface area contributed by atoms with Crippen LogP contribution in [0.1, 0.15) is 21.7 Å². The normalized spacial score (nSPS) is 23.1. The number of hydrogen-bond acceptors (Lipinski definition) is 7. The van der Waals surface area contributed by atoms with Gasteiger partial charge in [-0.2, -0.15) is 10.4 Å². The Bertz CT molecular complexity index is 1530. The van der Waals surface area contributed by atoms with Crippen LogP contribution in [0.25, 0.3) is 28.0 Å². The lowest BCUT2D eigenvalue weighted by Gasteiger charge is -2.17. The van der Waals surface area contributed by atoms with Crippen LogP contribution in [0.5, 0.6) is 0 Å². The first-order valence-corrected chi connectivity index (χ1v) is 11.7. The number of amides is 1. The summed E-state index contributed by atoms with van der Waals surface area (Å²) in [5, 5.41) is 27.3. The Morgan fingerprint density at radius 3 is 2.69 bits per heavy atom. The van der Waals surface area contributed by atoms with E-state index in [9.17, 15) is 15.2 Å². The van der Waals surface area contributed by atoms with Crippen LogP contribution < -0.4 is 5.32 Å². The average Bonchev–Trinajstić information content (AvgIpc) is 3.63. The monoisotopic (exact) mass is 484 g/mol. The molecule has 4 aromatic rings. The van der Waals surface area contributed by atoms with Gasteiger partial charge in [0.2, 0.25) is 0 Å². The predicted molar refractivity (Wildman–Crippen MR) is 129 cm³/mol. The Morgan fingerprint density at radius 2 is 1.94 bits per heavy atom. The number of nitrogens with one attached hydrogen (secondary N) is 1. The van der Waals surface area contributed by atoms with E-state index in [1.165, 1.54) is 0 Å². The number of rotatable bonds is 4. The van der Waals surface area contributed by atoms with Crippen LogP contribution in [0, 0.1) is 18.3 Å². The molecular formula is C26H24N6O4. The van der Waals surface area contributed by atoms with Crippen molar-refractivity contribution in [1.29, 1.82) is 5.26 Å². The largest absolute Gasteiger partial charge is 0.388 e. The van der Waals surface area contributed by atoms with Gasteiger partial charge in [0.25, 0.3) is 5.91 Å². The maximum atomic E-state index is 13.0. The summed E-state index contributed by atoms with van der Waals surface area (Å²) < 4.78 is 14.6. The highest BCUT2D eigenvalue weighted by Crippen LogP contribution is 2.35. The number of fused-ring (bicyclic) bond motifs is 2. The molecule has 2 saturated heterocycles. The lowest BCUT2D eigenvalue weighted by Crippen LogP contribution is -2.44. The van der Waals surface area contributed by atoms with Crippen molar-refractivity contribution in [3.8, 4) is 28.5 Å². The summed E-state index contributed by atoms with van der Waals surface area (Å²) in [5.41, 5.74) is 5.39. The lowest BCUT2D eigenvalue weighted by molar-refractivity contribution is 0.0178. The number of imidazole rings is 1.